The lowest BCUT2D eigenvalue weighted by Gasteiger charge is -2.27. The first-order valence-corrected chi connectivity index (χ1v) is 8.00. The molecule has 1 aromatic carbocycles. The van der Waals surface area contributed by atoms with Gasteiger partial charge in [-0.05, 0) is 77.5 Å². The first-order valence-electron chi connectivity index (χ1n) is 7.21. The number of hydrogen-bond acceptors (Lipinski definition) is 3. The topological polar surface area (TPSA) is 34.1 Å². The van der Waals surface area contributed by atoms with Gasteiger partial charge in [-0.2, -0.15) is 0 Å². The highest BCUT2D eigenvalue weighted by Gasteiger charge is 2.19. The Morgan fingerprint density at radius 1 is 1.24 bits per heavy atom. The second kappa shape index (κ2) is 6.06. The molecular weight excluding hydrogens is 328 g/mol. The minimum atomic E-state index is 0.450. The van der Waals surface area contributed by atoms with E-state index in [1.807, 2.05) is 13.0 Å². The summed E-state index contributed by atoms with van der Waals surface area (Å²) in [5.74, 6) is 0.941. The fourth-order valence-corrected chi connectivity index (χ4v) is 3.28. The Bertz CT molecular complexity index is 657. The van der Waals surface area contributed by atoms with Crippen LogP contribution in [0.15, 0.2) is 34.9 Å². The summed E-state index contributed by atoms with van der Waals surface area (Å²) < 4.78 is 6.21. The van der Waals surface area contributed by atoms with Crippen LogP contribution in [0, 0.1) is 6.92 Å². The molecule has 1 aromatic heterocycles. The van der Waals surface area contributed by atoms with Gasteiger partial charge in [0.15, 0.2) is 0 Å². The Labute approximate surface area is 133 Å². The number of aryl methyl sites for hydroxylation is 2. The summed E-state index contributed by atoms with van der Waals surface area (Å²) in [6.07, 6.45) is 3.29. The fourth-order valence-electron chi connectivity index (χ4n) is 2.89. The number of fused-ring (bicyclic) bond motifs is 1. The molecule has 1 N–H and O–H groups in total. The minimum absolute atomic E-state index is 0.450. The molecule has 0 fully saturated rings. The van der Waals surface area contributed by atoms with Gasteiger partial charge in [-0.15, -0.1) is 0 Å². The number of rotatable bonds is 3. The van der Waals surface area contributed by atoms with Crippen molar-refractivity contribution in [3.8, 4) is 5.75 Å². The molecule has 0 saturated carbocycles. The molecule has 0 spiro atoms. The van der Waals surface area contributed by atoms with Crippen molar-refractivity contribution in [2.45, 2.75) is 32.2 Å². The summed E-state index contributed by atoms with van der Waals surface area (Å²) in [4.78, 5) is 4.44. The van der Waals surface area contributed by atoms with Crippen LogP contribution >= 0.6 is 15.9 Å². The third-order valence-electron chi connectivity index (χ3n) is 4.05. The maximum absolute atomic E-state index is 5.33. The summed E-state index contributed by atoms with van der Waals surface area (Å²) in [5.41, 5.74) is 4.98. The second-order valence-electron chi connectivity index (χ2n) is 5.49. The number of nitrogens with zero attached hydrogens (tertiary/aromatic N) is 1. The van der Waals surface area contributed by atoms with Gasteiger partial charge < -0.3 is 10.1 Å². The number of pyridine rings is 1. The van der Waals surface area contributed by atoms with Gasteiger partial charge in [-0.25, -0.2) is 4.98 Å². The molecule has 3 rings (SSSR count). The smallest absolute Gasteiger partial charge is 0.119 e. The number of hydrogen-bond donors (Lipinski definition) is 1. The monoisotopic (exact) mass is 346 g/mol. The fraction of sp³-hybridized carbons (Fsp3) is 0.353. The Balaban J connectivity index is 1.76. The van der Waals surface area contributed by atoms with Crippen LogP contribution in [0.2, 0.25) is 0 Å². The van der Waals surface area contributed by atoms with Crippen LogP contribution in [0.3, 0.4) is 0 Å². The largest absolute Gasteiger partial charge is 0.497 e. The third kappa shape index (κ3) is 3.21. The number of methoxy groups -OCH3 is 1. The van der Waals surface area contributed by atoms with Gasteiger partial charge in [-0.1, -0.05) is 6.07 Å². The zero-order valence-electron chi connectivity index (χ0n) is 12.3. The highest BCUT2D eigenvalue weighted by atomic mass is 79.9. The lowest BCUT2D eigenvalue weighted by Crippen LogP contribution is -2.27. The van der Waals surface area contributed by atoms with Crippen LogP contribution in [0.25, 0.3) is 0 Å². The zero-order chi connectivity index (χ0) is 14.8. The Kier molecular flexibility index (Phi) is 4.15. The van der Waals surface area contributed by atoms with Gasteiger partial charge in [0, 0.05) is 6.04 Å². The minimum Gasteiger partial charge on any atom is -0.497 e. The number of anilines is 1. The number of nitrogens with one attached hydrogen (secondary N) is 1. The zero-order valence-corrected chi connectivity index (χ0v) is 13.9. The highest BCUT2D eigenvalue weighted by Crippen LogP contribution is 2.28. The molecule has 4 heteroatoms. The average molecular weight is 347 g/mol. The molecule has 0 aliphatic heterocycles. The van der Waals surface area contributed by atoms with Crippen LogP contribution in [0.4, 0.5) is 5.69 Å². The van der Waals surface area contributed by atoms with Crippen LogP contribution in [-0.2, 0) is 12.8 Å². The van der Waals surface area contributed by atoms with Crippen molar-refractivity contribution in [3.05, 3.63) is 51.8 Å². The van der Waals surface area contributed by atoms with E-state index in [0.717, 1.165) is 41.0 Å². The van der Waals surface area contributed by atoms with Gasteiger partial charge in [0.05, 0.1) is 18.5 Å². The lowest BCUT2D eigenvalue weighted by atomic mass is 9.88. The molecule has 1 atom stereocenters. The Morgan fingerprint density at radius 2 is 2.10 bits per heavy atom. The SMILES string of the molecule is COc1ccc2c(c1)CC(Nc1ccc(Br)nc1C)CC2. The molecule has 0 radical (unpaired) electrons. The molecule has 1 aliphatic rings. The maximum Gasteiger partial charge on any atom is 0.119 e. The summed E-state index contributed by atoms with van der Waals surface area (Å²) in [5, 5.41) is 3.63. The molecule has 1 unspecified atom stereocenters. The van der Waals surface area contributed by atoms with E-state index in [4.69, 9.17) is 4.74 Å². The molecule has 2 aromatic rings. The first-order chi connectivity index (χ1) is 10.2. The van der Waals surface area contributed by atoms with Crippen molar-refractivity contribution < 1.29 is 4.74 Å². The van der Waals surface area contributed by atoms with Crippen molar-refractivity contribution in [2.24, 2.45) is 0 Å². The van der Waals surface area contributed by atoms with Gasteiger partial charge in [0.1, 0.15) is 10.4 Å². The molecule has 0 saturated heterocycles. The molecule has 0 bridgehead atoms. The summed E-state index contributed by atoms with van der Waals surface area (Å²) in [6.45, 7) is 2.03. The first kappa shape index (κ1) is 14.4. The van der Waals surface area contributed by atoms with Gasteiger partial charge in [-0.3, -0.25) is 0 Å². The average Bonchev–Trinajstić information content (AvgIpc) is 2.49. The van der Waals surface area contributed by atoms with Crippen LogP contribution in [-0.4, -0.2) is 18.1 Å². The van der Waals surface area contributed by atoms with E-state index in [-0.39, 0.29) is 0 Å². The van der Waals surface area contributed by atoms with E-state index in [2.05, 4.69) is 50.5 Å². The van der Waals surface area contributed by atoms with Gasteiger partial charge >= 0.3 is 0 Å². The van der Waals surface area contributed by atoms with E-state index in [1.165, 1.54) is 11.1 Å². The summed E-state index contributed by atoms with van der Waals surface area (Å²) in [7, 11) is 1.72. The summed E-state index contributed by atoms with van der Waals surface area (Å²) in [6, 6.07) is 10.9. The number of ether oxygens (including phenoxy) is 1. The van der Waals surface area contributed by atoms with Crippen molar-refractivity contribution in [1.82, 2.24) is 4.98 Å². The Hall–Kier alpha value is -1.55. The van der Waals surface area contributed by atoms with Crippen molar-refractivity contribution in [2.75, 3.05) is 12.4 Å². The number of halogens is 1. The van der Waals surface area contributed by atoms with Gasteiger partial charge in [0.2, 0.25) is 0 Å². The van der Waals surface area contributed by atoms with Crippen LogP contribution < -0.4 is 10.1 Å². The van der Waals surface area contributed by atoms with Crippen LogP contribution in [0.5, 0.6) is 5.75 Å². The lowest BCUT2D eigenvalue weighted by molar-refractivity contribution is 0.413. The molecule has 1 aliphatic carbocycles. The van der Waals surface area contributed by atoms with Crippen molar-refractivity contribution in [1.29, 1.82) is 0 Å². The summed E-state index contributed by atoms with van der Waals surface area (Å²) >= 11 is 3.41. The van der Waals surface area contributed by atoms with E-state index in [0.29, 0.717) is 6.04 Å². The predicted molar refractivity (Wildman–Crippen MR) is 89.1 cm³/mol. The van der Waals surface area contributed by atoms with Gasteiger partial charge in [0.25, 0.3) is 0 Å². The van der Waals surface area contributed by atoms with E-state index >= 15 is 0 Å². The van der Waals surface area contributed by atoms with Crippen molar-refractivity contribution in [3.63, 3.8) is 0 Å². The molecule has 3 nitrogen and oxygen atoms in total. The third-order valence-corrected chi connectivity index (χ3v) is 4.49. The normalized spacial score (nSPS) is 17.2. The molecule has 0 amide bonds. The number of aromatic nitrogens is 1. The predicted octanol–water partition coefficient (Wildman–Crippen LogP) is 4.13. The van der Waals surface area contributed by atoms with Crippen molar-refractivity contribution >= 4 is 21.6 Å². The maximum atomic E-state index is 5.33. The number of benzene rings is 1. The van der Waals surface area contributed by atoms with E-state index < -0.39 is 0 Å². The standard InChI is InChI=1S/C17H19BrN2O/c1-11-16(7-8-17(18)19-11)20-14-5-3-12-4-6-15(21-2)10-13(12)9-14/h4,6-8,10,14,20H,3,5,9H2,1-2H3. The van der Waals surface area contributed by atoms with Crippen LogP contribution in [0.1, 0.15) is 23.2 Å². The second-order valence-corrected chi connectivity index (χ2v) is 6.30. The molecular formula is C17H19BrN2O. The molecule has 1 heterocycles. The Morgan fingerprint density at radius 3 is 2.86 bits per heavy atom. The van der Waals surface area contributed by atoms with E-state index in [1.54, 1.807) is 7.11 Å². The molecule has 110 valence electrons. The molecule has 21 heavy (non-hydrogen) atoms. The van der Waals surface area contributed by atoms with E-state index in [9.17, 15) is 0 Å². The highest BCUT2D eigenvalue weighted by molar-refractivity contribution is 9.10. The quantitative estimate of drug-likeness (QED) is 0.848.